The van der Waals surface area contributed by atoms with Crippen LogP contribution in [0.3, 0.4) is 0 Å². The molecule has 0 atom stereocenters. The Balaban J connectivity index is 2.10. The van der Waals surface area contributed by atoms with Crippen LogP contribution in [0.15, 0.2) is 22.9 Å². The molecule has 0 unspecified atom stereocenters. The van der Waals surface area contributed by atoms with E-state index in [-0.39, 0.29) is 5.91 Å². The van der Waals surface area contributed by atoms with Crippen molar-refractivity contribution < 1.29 is 4.79 Å². The second kappa shape index (κ2) is 9.96. The van der Waals surface area contributed by atoms with Gasteiger partial charge in [-0.3, -0.25) is 4.79 Å². The summed E-state index contributed by atoms with van der Waals surface area (Å²) in [6.45, 7) is 2.22. The fraction of sp³-hybridized carbons (Fsp3) is 0.600. The minimum absolute atomic E-state index is 0.0715. The van der Waals surface area contributed by atoms with Crippen molar-refractivity contribution in [3.8, 4) is 0 Å². The van der Waals surface area contributed by atoms with E-state index in [0.29, 0.717) is 11.0 Å². The maximum atomic E-state index is 11.7. The summed E-state index contributed by atoms with van der Waals surface area (Å²) in [6, 6.07) is 3.66. The van der Waals surface area contributed by atoms with E-state index in [1.54, 1.807) is 6.20 Å². The molecular formula is C15H23BrN2O. The minimum atomic E-state index is 0.0715. The van der Waals surface area contributed by atoms with Crippen LogP contribution in [-0.4, -0.2) is 10.9 Å². The van der Waals surface area contributed by atoms with Crippen molar-refractivity contribution >= 4 is 27.5 Å². The first kappa shape index (κ1) is 16.2. The molecule has 0 fully saturated rings. The summed E-state index contributed by atoms with van der Waals surface area (Å²) in [5.74, 6) is 0.0715. The number of nitrogens with zero attached hydrogens (tertiary/aromatic N) is 1. The van der Waals surface area contributed by atoms with Crippen LogP contribution < -0.4 is 5.32 Å². The number of unbranched alkanes of at least 4 members (excludes halogenated alkanes) is 6. The molecule has 1 amide bonds. The Hall–Kier alpha value is -0.900. The molecule has 1 aromatic rings. The lowest BCUT2D eigenvalue weighted by Crippen LogP contribution is -2.11. The van der Waals surface area contributed by atoms with Gasteiger partial charge in [0.05, 0.1) is 5.69 Å². The Morgan fingerprint density at radius 2 is 1.89 bits per heavy atom. The predicted octanol–water partition coefficient (Wildman–Crippen LogP) is 4.92. The molecule has 19 heavy (non-hydrogen) atoms. The highest BCUT2D eigenvalue weighted by atomic mass is 79.9. The van der Waals surface area contributed by atoms with Crippen molar-refractivity contribution in [3.05, 3.63) is 22.9 Å². The molecule has 1 rings (SSSR count). The molecule has 0 aliphatic carbocycles. The largest absolute Gasteiger partial charge is 0.324 e. The monoisotopic (exact) mass is 326 g/mol. The highest BCUT2D eigenvalue weighted by Crippen LogP contribution is 2.18. The zero-order valence-electron chi connectivity index (χ0n) is 11.6. The highest BCUT2D eigenvalue weighted by molar-refractivity contribution is 9.10. The number of hydrogen-bond acceptors (Lipinski definition) is 2. The first-order valence-corrected chi connectivity index (χ1v) is 7.93. The van der Waals surface area contributed by atoms with Gasteiger partial charge < -0.3 is 5.32 Å². The quantitative estimate of drug-likeness (QED) is 0.516. The van der Waals surface area contributed by atoms with E-state index in [4.69, 9.17) is 0 Å². The van der Waals surface area contributed by atoms with Gasteiger partial charge in [0.25, 0.3) is 0 Å². The molecule has 0 bridgehead atoms. The zero-order valence-corrected chi connectivity index (χ0v) is 13.2. The van der Waals surface area contributed by atoms with E-state index < -0.39 is 0 Å². The fourth-order valence-electron chi connectivity index (χ4n) is 1.93. The van der Waals surface area contributed by atoms with Gasteiger partial charge in [0.15, 0.2) is 0 Å². The summed E-state index contributed by atoms with van der Waals surface area (Å²) in [7, 11) is 0. The smallest absolute Gasteiger partial charge is 0.224 e. The molecular weight excluding hydrogens is 304 g/mol. The summed E-state index contributed by atoms with van der Waals surface area (Å²) in [5.41, 5.74) is 0.746. The van der Waals surface area contributed by atoms with E-state index in [0.717, 1.165) is 18.5 Å². The Bertz CT molecular complexity index is 382. The van der Waals surface area contributed by atoms with Crippen LogP contribution in [0, 0.1) is 0 Å². The number of anilines is 1. The normalized spacial score (nSPS) is 10.4. The Labute approximate surface area is 124 Å². The average molecular weight is 327 g/mol. The van der Waals surface area contributed by atoms with Gasteiger partial charge in [0.2, 0.25) is 5.91 Å². The van der Waals surface area contributed by atoms with Crippen molar-refractivity contribution in [2.75, 3.05) is 5.32 Å². The second-order valence-electron chi connectivity index (χ2n) is 4.76. The Kier molecular flexibility index (Phi) is 8.47. The molecule has 0 aliphatic rings. The number of amides is 1. The molecule has 3 nitrogen and oxygen atoms in total. The summed E-state index contributed by atoms with van der Waals surface area (Å²) in [4.78, 5) is 15.8. The third-order valence-electron chi connectivity index (χ3n) is 3.04. The minimum Gasteiger partial charge on any atom is -0.324 e. The fourth-order valence-corrected chi connectivity index (χ4v) is 2.28. The molecule has 1 N–H and O–H groups in total. The highest BCUT2D eigenvalue weighted by Gasteiger charge is 2.05. The predicted molar refractivity (Wildman–Crippen MR) is 83.2 cm³/mol. The van der Waals surface area contributed by atoms with Crippen LogP contribution in [0.25, 0.3) is 0 Å². The molecule has 4 heteroatoms. The molecule has 1 heterocycles. The van der Waals surface area contributed by atoms with Crippen molar-refractivity contribution in [1.29, 1.82) is 0 Å². The van der Waals surface area contributed by atoms with Crippen LogP contribution in [0.1, 0.15) is 58.3 Å². The third kappa shape index (κ3) is 7.31. The molecule has 0 spiro atoms. The lowest BCUT2D eigenvalue weighted by Gasteiger charge is -2.06. The summed E-state index contributed by atoms with van der Waals surface area (Å²) in [5, 5.41) is 2.87. The van der Waals surface area contributed by atoms with Gasteiger partial charge >= 0.3 is 0 Å². The lowest BCUT2D eigenvalue weighted by molar-refractivity contribution is -0.116. The number of aromatic nitrogens is 1. The molecule has 0 saturated heterocycles. The van der Waals surface area contributed by atoms with Gasteiger partial charge in [0, 0.05) is 12.6 Å². The van der Waals surface area contributed by atoms with Gasteiger partial charge in [-0.2, -0.15) is 0 Å². The van der Waals surface area contributed by atoms with Crippen LogP contribution in [0.2, 0.25) is 0 Å². The SMILES string of the molecule is CCCCCCCCCC(=O)Nc1cccnc1Br. The second-order valence-corrected chi connectivity index (χ2v) is 5.51. The standard InChI is InChI=1S/C15H23BrN2O/c1-2-3-4-5-6-7-8-11-14(19)18-13-10-9-12-17-15(13)16/h9-10,12H,2-8,11H2,1H3,(H,18,19). The summed E-state index contributed by atoms with van der Waals surface area (Å²) in [6.07, 6.45) is 10.9. The van der Waals surface area contributed by atoms with Crippen molar-refractivity contribution in [2.45, 2.75) is 58.3 Å². The first-order valence-electron chi connectivity index (χ1n) is 7.14. The van der Waals surface area contributed by atoms with Gasteiger partial charge in [-0.1, -0.05) is 45.4 Å². The van der Waals surface area contributed by atoms with E-state index in [1.807, 2.05) is 12.1 Å². The maximum Gasteiger partial charge on any atom is 0.224 e. The number of rotatable bonds is 9. The molecule has 0 aliphatic heterocycles. The van der Waals surface area contributed by atoms with E-state index >= 15 is 0 Å². The number of carbonyl (C=O) groups is 1. The number of carbonyl (C=O) groups excluding carboxylic acids is 1. The number of halogens is 1. The van der Waals surface area contributed by atoms with E-state index in [1.165, 1.54) is 32.1 Å². The number of pyridine rings is 1. The van der Waals surface area contributed by atoms with Gasteiger partial charge in [-0.25, -0.2) is 4.98 Å². The van der Waals surface area contributed by atoms with E-state index in [9.17, 15) is 4.79 Å². The van der Waals surface area contributed by atoms with Crippen molar-refractivity contribution in [2.24, 2.45) is 0 Å². The van der Waals surface area contributed by atoms with E-state index in [2.05, 4.69) is 33.2 Å². The first-order chi connectivity index (χ1) is 9.24. The zero-order chi connectivity index (χ0) is 13.9. The van der Waals surface area contributed by atoms with Crippen molar-refractivity contribution in [1.82, 2.24) is 4.98 Å². The number of hydrogen-bond donors (Lipinski definition) is 1. The van der Waals surface area contributed by atoms with Gasteiger partial charge in [-0.15, -0.1) is 0 Å². The Morgan fingerprint density at radius 1 is 1.21 bits per heavy atom. The Morgan fingerprint density at radius 3 is 2.58 bits per heavy atom. The van der Waals surface area contributed by atoms with Crippen LogP contribution in [0.5, 0.6) is 0 Å². The van der Waals surface area contributed by atoms with Gasteiger partial charge in [0.1, 0.15) is 4.60 Å². The topological polar surface area (TPSA) is 42.0 Å². The lowest BCUT2D eigenvalue weighted by atomic mass is 10.1. The summed E-state index contributed by atoms with van der Waals surface area (Å²) < 4.78 is 0.683. The molecule has 0 saturated carbocycles. The molecule has 106 valence electrons. The van der Waals surface area contributed by atoms with Crippen LogP contribution >= 0.6 is 15.9 Å². The third-order valence-corrected chi connectivity index (χ3v) is 3.67. The summed E-state index contributed by atoms with van der Waals surface area (Å²) >= 11 is 3.32. The van der Waals surface area contributed by atoms with Crippen LogP contribution in [-0.2, 0) is 4.79 Å². The number of nitrogens with one attached hydrogen (secondary N) is 1. The van der Waals surface area contributed by atoms with Gasteiger partial charge in [-0.05, 0) is 34.5 Å². The molecule has 0 radical (unpaired) electrons. The molecule has 1 aromatic heterocycles. The maximum absolute atomic E-state index is 11.7. The van der Waals surface area contributed by atoms with Crippen molar-refractivity contribution in [3.63, 3.8) is 0 Å². The molecule has 0 aromatic carbocycles. The van der Waals surface area contributed by atoms with Crippen LogP contribution in [0.4, 0.5) is 5.69 Å². The average Bonchev–Trinajstić information content (AvgIpc) is 2.40.